The van der Waals surface area contributed by atoms with Gasteiger partial charge in [0.1, 0.15) is 6.61 Å². The van der Waals surface area contributed by atoms with Gasteiger partial charge in [0.05, 0.1) is 46.0 Å². The molecule has 1 aromatic heterocycles. The zero-order chi connectivity index (χ0) is 30.7. The highest BCUT2D eigenvalue weighted by Crippen LogP contribution is 2.37. The molecular weight excluding hydrogens is 594 g/mol. The van der Waals surface area contributed by atoms with E-state index >= 15 is 0 Å². The number of allylic oxidation sites excluding steroid dienone is 1. The zero-order valence-corrected chi connectivity index (χ0v) is 25.0. The third-order valence-corrected chi connectivity index (χ3v) is 8.11. The van der Waals surface area contributed by atoms with Gasteiger partial charge in [0.25, 0.3) is 11.2 Å². The first-order valence-corrected chi connectivity index (χ1v) is 14.4. The van der Waals surface area contributed by atoms with Gasteiger partial charge in [0.15, 0.2) is 16.3 Å². The van der Waals surface area contributed by atoms with E-state index in [0.717, 1.165) is 5.56 Å². The third-order valence-electron chi connectivity index (χ3n) is 6.85. The number of rotatable bonds is 9. The largest absolute Gasteiger partial charge is 0.493 e. The van der Waals surface area contributed by atoms with Gasteiger partial charge in [0, 0.05) is 12.1 Å². The fourth-order valence-corrected chi connectivity index (χ4v) is 6.09. The van der Waals surface area contributed by atoms with Crippen LogP contribution in [0, 0.1) is 10.1 Å². The number of fused-ring (bicyclic) bond motifs is 1. The smallest absolute Gasteiger partial charge is 0.338 e. The van der Waals surface area contributed by atoms with Gasteiger partial charge in [0.2, 0.25) is 0 Å². The number of hydrogen-bond acceptors (Lipinski definition) is 9. The summed E-state index contributed by atoms with van der Waals surface area (Å²) in [6.45, 7) is 2.01. The lowest BCUT2D eigenvalue weighted by Crippen LogP contribution is -2.40. The number of hydrogen-bond donors (Lipinski definition) is 0. The summed E-state index contributed by atoms with van der Waals surface area (Å²) >= 11 is 7.80. The second-order valence-electron chi connectivity index (χ2n) is 9.45. The van der Waals surface area contributed by atoms with Gasteiger partial charge in [-0.3, -0.25) is 19.5 Å². The first kappa shape index (κ1) is 29.7. The molecule has 0 radical (unpaired) electrons. The van der Waals surface area contributed by atoms with Gasteiger partial charge < -0.3 is 14.2 Å². The van der Waals surface area contributed by atoms with Crippen molar-refractivity contribution in [3.63, 3.8) is 0 Å². The molecule has 0 aliphatic carbocycles. The Balaban J connectivity index is 1.54. The van der Waals surface area contributed by atoms with Crippen molar-refractivity contribution in [3.05, 3.63) is 130 Å². The van der Waals surface area contributed by atoms with Gasteiger partial charge in [-0.15, -0.1) is 0 Å². The molecule has 2 heterocycles. The van der Waals surface area contributed by atoms with E-state index in [2.05, 4.69) is 4.99 Å². The summed E-state index contributed by atoms with van der Waals surface area (Å²) in [5.41, 5.74) is 2.62. The van der Waals surface area contributed by atoms with Crippen molar-refractivity contribution in [1.82, 2.24) is 4.57 Å². The van der Waals surface area contributed by atoms with Crippen LogP contribution < -0.4 is 24.4 Å². The molecule has 0 amide bonds. The molecule has 0 saturated carbocycles. The quantitative estimate of drug-likeness (QED) is 0.148. The summed E-state index contributed by atoms with van der Waals surface area (Å²) in [4.78, 5) is 42.4. The highest BCUT2D eigenvalue weighted by Gasteiger charge is 2.33. The minimum Gasteiger partial charge on any atom is -0.493 e. The Labute approximate surface area is 254 Å². The molecule has 12 heteroatoms. The molecule has 1 atom stereocenters. The monoisotopic (exact) mass is 619 g/mol. The minimum absolute atomic E-state index is 0.0171. The first-order valence-electron chi connectivity index (χ1n) is 13.2. The molecule has 3 aromatic carbocycles. The van der Waals surface area contributed by atoms with Gasteiger partial charge in [-0.25, -0.2) is 9.79 Å². The summed E-state index contributed by atoms with van der Waals surface area (Å²) in [5.74, 6) is 0.0990. The van der Waals surface area contributed by atoms with Crippen molar-refractivity contribution in [2.75, 3.05) is 14.2 Å². The average Bonchev–Trinajstić information content (AvgIpc) is 3.33. The maximum atomic E-state index is 13.9. The van der Waals surface area contributed by atoms with Crippen LogP contribution in [0.3, 0.4) is 0 Å². The maximum Gasteiger partial charge on any atom is 0.338 e. The predicted octanol–water partition coefficient (Wildman–Crippen LogP) is 4.95. The topological polar surface area (TPSA) is 122 Å². The number of non-ortho nitro benzene ring substituents is 1. The standard InChI is InChI=1S/C31H26ClN3O7S/c1-4-23-26(30(37)41-3)27(20-8-6-5-7-9-20)34-29(36)25(43-31(34)33-23)16-19-14-22(32)28(24(15-19)40-2)42-17-18-10-12-21(13-11-18)35(38)39/h5-16,27H,4,17H2,1-3H3/b25-16-/t27-/m0/s1. The molecule has 0 unspecified atom stereocenters. The molecule has 0 saturated heterocycles. The average molecular weight is 620 g/mol. The normalized spacial score (nSPS) is 14.6. The second kappa shape index (κ2) is 12.6. The van der Waals surface area contributed by atoms with E-state index < -0.39 is 16.9 Å². The predicted molar refractivity (Wildman–Crippen MR) is 162 cm³/mol. The number of nitrogens with zero attached hydrogens (tertiary/aromatic N) is 3. The fraction of sp³-hybridized carbons (Fsp3) is 0.194. The van der Waals surface area contributed by atoms with Gasteiger partial charge in [-0.05, 0) is 53.5 Å². The molecule has 10 nitrogen and oxygen atoms in total. The minimum atomic E-state index is -0.699. The van der Waals surface area contributed by atoms with Crippen LogP contribution >= 0.6 is 22.9 Å². The number of methoxy groups -OCH3 is 2. The summed E-state index contributed by atoms with van der Waals surface area (Å²) in [6, 6.07) is 18.0. The maximum absolute atomic E-state index is 13.9. The SMILES string of the molecule is CCC1=C(C(=O)OC)[C@H](c2ccccc2)n2c(s/c(=C\c3cc(Cl)c(OCc4ccc([N+](=O)[O-])cc4)c(OC)c3)c2=O)=N1. The Morgan fingerprint density at radius 2 is 1.86 bits per heavy atom. The summed E-state index contributed by atoms with van der Waals surface area (Å²) in [5, 5.41) is 11.2. The Morgan fingerprint density at radius 3 is 2.49 bits per heavy atom. The lowest BCUT2D eigenvalue weighted by molar-refractivity contribution is -0.384. The summed E-state index contributed by atoms with van der Waals surface area (Å²) in [6.07, 6.45) is 2.17. The van der Waals surface area contributed by atoms with Gasteiger partial charge in [-0.2, -0.15) is 0 Å². The highest BCUT2D eigenvalue weighted by atomic mass is 35.5. The molecule has 1 aliphatic rings. The number of benzene rings is 3. The summed E-state index contributed by atoms with van der Waals surface area (Å²) in [7, 11) is 2.79. The number of carbonyl (C=O) groups is 1. The van der Waals surface area contributed by atoms with Crippen molar-refractivity contribution in [2.24, 2.45) is 4.99 Å². The van der Waals surface area contributed by atoms with Gasteiger partial charge in [-0.1, -0.05) is 60.2 Å². The van der Waals surface area contributed by atoms with Crippen molar-refractivity contribution in [2.45, 2.75) is 26.0 Å². The number of carbonyl (C=O) groups excluding carboxylic acids is 1. The molecule has 1 aliphatic heterocycles. The number of aromatic nitrogens is 1. The van der Waals surface area contributed by atoms with Crippen molar-refractivity contribution in [3.8, 4) is 11.5 Å². The van der Waals surface area contributed by atoms with Crippen LogP contribution in [0.1, 0.15) is 36.1 Å². The third kappa shape index (κ3) is 5.95. The first-order chi connectivity index (χ1) is 20.7. The zero-order valence-electron chi connectivity index (χ0n) is 23.4. The highest BCUT2D eigenvalue weighted by molar-refractivity contribution is 7.07. The molecule has 5 rings (SSSR count). The van der Waals surface area contributed by atoms with Crippen molar-refractivity contribution in [1.29, 1.82) is 0 Å². The van der Waals surface area contributed by atoms with Crippen LogP contribution in [-0.2, 0) is 16.1 Å². The van der Waals surface area contributed by atoms with Crippen LogP contribution in [0.25, 0.3) is 6.08 Å². The number of thiazole rings is 1. The van der Waals surface area contributed by atoms with E-state index in [9.17, 15) is 19.7 Å². The number of halogens is 1. The van der Waals surface area contributed by atoms with Crippen molar-refractivity contribution < 1.29 is 23.9 Å². The molecule has 4 aromatic rings. The van der Waals surface area contributed by atoms with E-state index in [4.69, 9.17) is 25.8 Å². The lowest BCUT2D eigenvalue weighted by Gasteiger charge is -2.25. The van der Waals surface area contributed by atoms with E-state index in [1.807, 2.05) is 37.3 Å². The van der Waals surface area contributed by atoms with Crippen molar-refractivity contribution >= 4 is 40.7 Å². The van der Waals surface area contributed by atoms with Crippen LogP contribution in [0.15, 0.2) is 87.8 Å². The summed E-state index contributed by atoms with van der Waals surface area (Å²) < 4.78 is 18.5. The number of nitro benzene ring substituents is 1. The molecule has 220 valence electrons. The molecule has 0 N–H and O–H groups in total. The lowest BCUT2D eigenvalue weighted by atomic mass is 9.95. The van der Waals surface area contributed by atoms with E-state index in [1.54, 1.807) is 30.3 Å². The Bertz CT molecular complexity index is 1920. The Hall–Kier alpha value is -4.74. The fourth-order valence-electron chi connectivity index (χ4n) is 4.80. The number of esters is 1. The molecule has 0 fully saturated rings. The van der Waals surface area contributed by atoms with Crippen LogP contribution in [0.2, 0.25) is 5.02 Å². The Kier molecular flexibility index (Phi) is 8.74. The van der Waals surface area contributed by atoms with Crippen LogP contribution in [-0.4, -0.2) is 29.7 Å². The second-order valence-corrected chi connectivity index (χ2v) is 10.9. The van der Waals surface area contributed by atoms with Crippen LogP contribution in [0.5, 0.6) is 11.5 Å². The number of nitro groups is 1. The molecular formula is C31H26ClN3O7S. The van der Waals surface area contributed by atoms with Gasteiger partial charge >= 0.3 is 5.97 Å². The Morgan fingerprint density at radius 1 is 1.14 bits per heavy atom. The van der Waals surface area contributed by atoms with Crippen LogP contribution in [0.4, 0.5) is 5.69 Å². The van der Waals surface area contributed by atoms with E-state index in [0.29, 0.717) is 49.7 Å². The van der Waals surface area contributed by atoms with E-state index in [-0.39, 0.29) is 22.9 Å². The number of ether oxygens (including phenoxy) is 3. The van der Waals surface area contributed by atoms with E-state index in [1.165, 1.54) is 42.3 Å². The molecule has 43 heavy (non-hydrogen) atoms. The molecule has 0 bridgehead atoms. The molecule has 0 spiro atoms.